The van der Waals surface area contributed by atoms with Crippen molar-refractivity contribution in [2.45, 2.75) is 0 Å². The van der Waals surface area contributed by atoms with Crippen LogP contribution >= 0.6 is 0 Å². The van der Waals surface area contributed by atoms with Crippen molar-refractivity contribution in [2.75, 3.05) is 24.4 Å². The van der Waals surface area contributed by atoms with Gasteiger partial charge in [0.25, 0.3) is 0 Å². The molecule has 2 aromatic carbocycles. The highest BCUT2D eigenvalue weighted by atomic mass is 15.3. The average Bonchev–Trinajstić information content (AvgIpc) is 2.54. The van der Waals surface area contributed by atoms with Crippen molar-refractivity contribution < 1.29 is 0 Å². The van der Waals surface area contributed by atoms with Crippen molar-refractivity contribution in [3.05, 3.63) is 48.5 Å². The Morgan fingerprint density at radius 2 is 1.57 bits per heavy atom. The molecule has 0 unspecified atom stereocenters. The number of nitrogens with one attached hydrogen (secondary N) is 1. The maximum atomic E-state index is 5.50. The van der Waals surface area contributed by atoms with E-state index in [4.69, 9.17) is 5.84 Å². The third kappa shape index (κ3) is 2.39. The first kappa shape index (κ1) is 13.3. The summed E-state index contributed by atoms with van der Waals surface area (Å²) in [5, 5.41) is 10.5. The van der Waals surface area contributed by atoms with Crippen LogP contribution in [0.5, 0.6) is 0 Å². The van der Waals surface area contributed by atoms with Crippen LogP contribution < -0.4 is 16.2 Å². The fraction of sp³-hybridized carbons (Fsp3) is 0.125. The SMILES string of the molecule is CN(C)c1ccc(-c2nnc(NN)c3ccccc23)cc1. The number of hydrogen-bond donors (Lipinski definition) is 2. The van der Waals surface area contributed by atoms with E-state index in [1.165, 1.54) is 0 Å². The summed E-state index contributed by atoms with van der Waals surface area (Å²) < 4.78 is 0. The molecule has 0 saturated carbocycles. The van der Waals surface area contributed by atoms with Crippen LogP contribution in [0.4, 0.5) is 11.5 Å². The van der Waals surface area contributed by atoms with Crippen molar-refractivity contribution in [3.63, 3.8) is 0 Å². The first-order chi connectivity index (χ1) is 10.2. The number of fused-ring (bicyclic) bond motifs is 1. The molecule has 0 saturated heterocycles. The van der Waals surface area contributed by atoms with Crippen LogP contribution in [0.15, 0.2) is 48.5 Å². The highest BCUT2D eigenvalue weighted by Crippen LogP contribution is 2.30. The predicted octanol–water partition coefficient (Wildman–Crippen LogP) is 2.65. The van der Waals surface area contributed by atoms with Crippen LogP contribution in [-0.4, -0.2) is 24.3 Å². The van der Waals surface area contributed by atoms with Crippen molar-refractivity contribution in [3.8, 4) is 11.3 Å². The largest absolute Gasteiger partial charge is 0.378 e. The van der Waals surface area contributed by atoms with Gasteiger partial charge in [-0.3, -0.25) is 0 Å². The third-order valence-corrected chi connectivity index (χ3v) is 3.48. The average molecular weight is 279 g/mol. The van der Waals surface area contributed by atoms with Gasteiger partial charge in [0.1, 0.15) is 5.69 Å². The molecule has 5 nitrogen and oxygen atoms in total. The molecule has 0 bridgehead atoms. The van der Waals surface area contributed by atoms with Gasteiger partial charge in [-0.1, -0.05) is 36.4 Å². The minimum atomic E-state index is 0.583. The predicted molar refractivity (Wildman–Crippen MR) is 87.1 cm³/mol. The Morgan fingerprint density at radius 3 is 2.19 bits per heavy atom. The number of hydrogen-bond acceptors (Lipinski definition) is 5. The second kappa shape index (κ2) is 5.38. The minimum absolute atomic E-state index is 0.583. The molecule has 0 aliphatic carbocycles. The topological polar surface area (TPSA) is 67.1 Å². The number of aromatic nitrogens is 2. The Labute approximate surface area is 123 Å². The minimum Gasteiger partial charge on any atom is -0.378 e. The molecular formula is C16H17N5. The van der Waals surface area contributed by atoms with E-state index in [0.29, 0.717) is 5.82 Å². The Kier molecular flexibility index (Phi) is 3.41. The molecule has 3 rings (SSSR count). The van der Waals surface area contributed by atoms with Crippen LogP contribution in [0.1, 0.15) is 0 Å². The normalized spacial score (nSPS) is 10.6. The van der Waals surface area contributed by atoms with E-state index in [1.807, 2.05) is 38.4 Å². The number of nitrogens with zero attached hydrogens (tertiary/aromatic N) is 3. The number of nitrogen functional groups attached to an aromatic ring is 1. The highest BCUT2D eigenvalue weighted by Gasteiger charge is 2.10. The smallest absolute Gasteiger partial charge is 0.170 e. The van der Waals surface area contributed by atoms with Gasteiger partial charge in [-0.15, -0.1) is 10.2 Å². The van der Waals surface area contributed by atoms with Crippen LogP contribution in [0, 0.1) is 0 Å². The Hall–Kier alpha value is -2.66. The van der Waals surface area contributed by atoms with E-state index in [2.05, 4.69) is 44.8 Å². The summed E-state index contributed by atoms with van der Waals surface area (Å²) >= 11 is 0. The molecular weight excluding hydrogens is 262 g/mol. The first-order valence-corrected chi connectivity index (χ1v) is 6.70. The third-order valence-electron chi connectivity index (χ3n) is 3.48. The molecule has 0 fully saturated rings. The van der Waals surface area contributed by atoms with E-state index < -0.39 is 0 Å². The molecule has 1 aromatic heterocycles. The number of benzene rings is 2. The second-order valence-electron chi connectivity index (χ2n) is 5.03. The molecule has 0 aliphatic rings. The van der Waals surface area contributed by atoms with Gasteiger partial charge in [0.15, 0.2) is 5.82 Å². The first-order valence-electron chi connectivity index (χ1n) is 6.70. The summed E-state index contributed by atoms with van der Waals surface area (Å²) in [6.45, 7) is 0. The lowest BCUT2D eigenvalue weighted by atomic mass is 10.0. The lowest BCUT2D eigenvalue weighted by Gasteiger charge is -2.13. The van der Waals surface area contributed by atoms with Crippen molar-refractivity contribution in [2.24, 2.45) is 5.84 Å². The zero-order valence-corrected chi connectivity index (χ0v) is 12.0. The summed E-state index contributed by atoms with van der Waals surface area (Å²) in [6.07, 6.45) is 0. The van der Waals surface area contributed by atoms with Crippen LogP contribution in [0.2, 0.25) is 0 Å². The van der Waals surface area contributed by atoms with Crippen molar-refractivity contribution >= 4 is 22.3 Å². The molecule has 1 heterocycles. The summed E-state index contributed by atoms with van der Waals surface area (Å²) in [6, 6.07) is 16.2. The number of rotatable bonds is 3. The molecule has 106 valence electrons. The van der Waals surface area contributed by atoms with E-state index >= 15 is 0 Å². The Balaban J connectivity index is 2.16. The summed E-state index contributed by atoms with van der Waals surface area (Å²) in [4.78, 5) is 2.06. The van der Waals surface area contributed by atoms with Crippen molar-refractivity contribution in [1.82, 2.24) is 10.2 Å². The molecule has 5 heteroatoms. The van der Waals surface area contributed by atoms with E-state index in [0.717, 1.165) is 27.7 Å². The number of nitrogens with two attached hydrogens (primary N) is 1. The maximum absolute atomic E-state index is 5.50. The van der Waals surface area contributed by atoms with Crippen molar-refractivity contribution in [1.29, 1.82) is 0 Å². The lowest BCUT2D eigenvalue weighted by molar-refractivity contribution is 1.04. The molecule has 0 amide bonds. The summed E-state index contributed by atoms with van der Waals surface area (Å²) in [5.41, 5.74) is 5.63. The fourth-order valence-electron chi connectivity index (χ4n) is 2.34. The van der Waals surface area contributed by atoms with Crippen LogP contribution in [0.3, 0.4) is 0 Å². The maximum Gasteiger partial charge on any atom is 0.170 e. The molecule has 0 aliphatic heterocycles. The van der Waals surface area contributed by atoms with E-state index in [9.17, 15) is 0 Å². The molecule has 21 heavy (non-hydrogen) atoms. The molecule has 0 atom stereocenters. The fourth-order valence-corrected chi connectivity index (χ4v) is 2.34. The molecule has 3 aromatic rings. The van der Waals surface area contributed by atoms with Gasteiger partial charge in [-0.05, 0) is 12.1 Å². The van der Waals surface area contributed by atoms with Crippen LogP contribution in [-0.2, 0) is 0 Å². The zero-order valence-electron chi connectivity index (χ0n) is 12.0. The lowest BCUT2D eigenvalue weighted by Crippen LogP contribution is -2.10. The van der Waals surface area contributed by atoms with Gasteiger partial charge in [-0.25, -0.2) is 5.84 Å². The molecule has 3 N–H and O–H groups in total. The van der Waals surface area contributed by atoms with E-state index in [-0.39, 0.29) is 0 Å². The van der Waals surface area contributed by atoms with Gasteiger partial charge in [0, 0.05) is 36.1 Å². The molecule has 0 spiro atoms. The number of anilines is 2. The standard InChI is InChI=1S/C16H17N5/c1-21(2)12-9-7-11(8-10-12)15-13-5-3-4-6-14(13)16(18-17)20-19-15/h3-10H,17H2,1-2H3,(H,18,20). The monoisotopic (exact) mass is 279 g/mol. The van der Waals surface area contributed by atoms with E-state index in [1.54, 1.807) is 0 Å². The number of hydrazine groups is 1. The van der Waals surface area contributed by atoms with Gasteiger partial charge in [0.05, 0.1) is 0 Å². The Morgan fingerprint density at radius 1 is 0.905 bits per heavy atom. The van der Waals surface area contributed by atoms with Gasteiger partial charge in [-0.2, -0.15) is 0 Å². The highest BCUT2D eigenvalue weighted by molar-refractivity contribution is 5.99. The molecule has 0 radical (unpaired) electrons. The van der Waals surface area contributed by atoms with Crippen LogP contribution in [0.25, 0.3) is 22.0 Å². The summed E-state index contributed by atoms with van der Waals surface area (Å²) in [5.74, 6) is 6.08. The second-order valence-corrected chi connectivity index (χ2v) is 5.03. The van der Waals surface area contributed by atoms with Gasteiger partial charge >= 0.3 is 0 Å². The quantitative estimate of drug-likeness (QED) is 0.570. The zero-order chi connectivity index (χ0) is 14.8. The van der Waals surface area contributed by atoms with Gasteiger partial charge in [0.2, 0.25) is 0 Å². The summed E-state index contributed by atoms with van der Waals surface area (Å²) in [7, 11) is 4.04. The Bertz CT molecular complexity index is 765. The van der Waals surface area contributed by atoms with Gasteiger partial charge < -0.3 is 10.3 Å².